The van der Waals surface area contributed by atoms with Crippen molar-refractivity contribution < 1.29 is 4.79 Å². The van der Waals surface area contributed by atoms with Crippen molar-refractivity contribution in [3.05, 3.63) is 23.8 Å². The minimum Gasteiger partial charge on any atom is -0.396 e. The number of rotatable bonds is 5. The second-order valence-electron chi connectivity index (χ2n) is 5.41. The highest BCUT2D eigenvalue weighted by Crippen LogP contribution is 2.27. The zero-order valence-corrected chi connectivity index (χ0v) is 12.3. The quantitative estimate of drug-likeness (QED) is 0.795. The Morgan fingerprint density at radius 2 is 2.25 bits per heavy atom. The van der Waals surface area contributed by atoms with E-state index in [1.807, 2.05) is 19.2 Å². The van der Waals surface area contributed by atoms with Gasteiger partial charge >= 0.3 is 0 Å². The largest absolute Gasteiger partial charge is 0.396 e. The molecule has 1 aliphatic rings. The summed E-state index contributed by atoms with van der Waals surface area (Å²) in [4.78, 5) is 16.0. The minimum absolute atomic E-state index is 0.396. The minimum atomic E-state index is -0.478. The molecule has 0 spiro atoms. The average Bonchev–Trinajstić information content (AvgIpc) is 2.85. The number of anilines is 2. The Balaban J connectivity index is 2.15. The van der Waals surface area contributed by atoms with Gasteiger partial charge < -0.3 is 16.4 Å². The lowest BCUT2D eigenvalue weighted by Crippen LogP contribution is -2.39. The van der Waals surface area contributed by atoms with Gasteiger partial charge in [-0.3, -0.25) is 9.69 Å². The van der Waals surface area contributed by atoms with Crippen LogP contribution in [0.2, 0.25) is 0 Å². The number of benzene rings is 1. The topological polar surface area (TPSA) is 75.6 Å². The molecule has 1 aromatic carbocycles. The fourth-order valence-electron chi connectivity index (χ4n) is 3.03. The molecule has 4 N–H and O–H groups in total. The van der Waals surface area contributed by atoms with Gasteiger partial charge in [-0.2, -0.15) is 0 Å². The Labute approximate surface area is 120 Å². The maximum atomic E-state index is 11.4. The number of likely N-dealkylation sites (tertiary alicyclic amines) is 1. The number of carbonyl (C=O) groups is 1. The summed E-state index contributed by atoms with van der Waals surface area (Å²) >= 11 is 0. The van der Waals surface area contributed by atoms with Crippen molar-refractivity contribution in [3.8, 4) is 0 Å². The molecular formula is C15H24N4O. The molecule has 0 aliphatic carbocycles. The van der Waals surface area contributed by atoms with E-state index in [0.29, 0.717) is 17.3 Å². The molecule has 1 heterocycles. The Bertz CT molecular complexity index is 489. The molecule has 1 aromatic rings. The van der Waals surface area contributed by atoms with Crippen LogP contribution in [0.15, 0.2) is 18.2 Å². The Hall–Kier alpha value is -1.75. The summed E-state index contributed by atoms with van der Waals surface area (Å²) in [7, 11) is 2.02. The number of carbonyl (C=O) groups excluding carboxylic acids is 1. The molecule has 1 aliphatic heterocycles. The fraction of sp³-hybridized carbons (Fsp3) is 0.533. The lowest BCUT2D eigenvalue weighted by molar-refractivity contribution is 0.100. The van der Waals surface area contributed by atoms with Crippen LogP contribution in [0.1, 0.15) is 30.1 Å². The molecular weight excluding hydrogens is 252 g/mol. The van der Waals surface area contributed by atoms with Crippen LogP contribution in [0.4, 0.5) is 11.4 Å². The predicted molar refractivity (Wildman–Crippen MR) is 82.9 cm³/mol. The van der Waals surface area contributed by atoms with Crippen molar-refractivity contribution >= 4 is 17.3 Å². The second-order valence-corrected chi connectivity index (χ2v) is 5.41. The molecule has 0 radical (unpaired) electrons. The van der Waals surface area contributed by atoms with Crippen LogP contribution in [0.5, 0.6) is 0 Å². The molecule has 110 valence electrons. The zero-order valence-electron chi connectivity index (χ0n) is 12.3. The molecule has 0 aromatic heterocycles. The van der Waals surface area contributed by atoms with Gasteiger partial charge in [0.15, 0.2) is 0 Å². The summed E-state index contributed by atoms with van der Waals surface area (Å²) in [6.45, 7) is 5.36. The van der Waals surface area contributed by atoms with E-state index in [0.717, 1.165) is 18.8 Å². The van der Waals surface area contributed by atoms with Crippen LogP contribution in [0.3, 0.4) is 0 Å². The van der Waals surface area contributed by atoms with Gasteiger partial charge in [0.2, 0.25) is 0 Å². The highest BCUT2D eigenvalue weighted by atomic mass is 16.1. The van der Waals surface area contributed by atoms with Crippen LogP contribution in [0, 0.1) is 0 Å². The molecule has 1 amide bonds. The van der Waals surface area contributed by atoms with Gasteiger partial charge in [-0.25, -0.2) is 0 Å². The zero-order chi connectivity index (χ0) is 14.7. The number of hydrogen-bond acceptors (Lipinski definition) is 4. The number of likely N-dealkylation sites (N-methyl/N-ethyl adjacent to an activating group) is 2. The van der Waals surface area contributed by atoms with E-state index in [2.05, 4.69) is 16.7 Å². The van der Waals surface area contributed by atoms with Gasteiger partial charge in [-0.15, -0.1) is 0 Å². The van der Waals surface area contributed by atoms with Crippen LogP contribution in [-0.2, 0) is 0 Å². The maximum Gasteiger partial charge on any atom is 0.250 e. The van der Waals surface area contributed by atoms with Crippen LogP contribution < -0.4 is 16.4 Å². The van der Waals surface area contributed by atoms with Gasteiger partial charge in [0.25, 0.3) is 5.91 Å². The molecule has 5 heteroatoms. The third-order valence-corrected chi connectivity index (χ3v) is 4.15. The highest BCUT2D eigenvalue weighted by Gasteiger charge is 2.25. The van der Waals surface area contributed by atoms with Gasteiger partial charge in [0, 0.05) is 19.6 Å². The van der Waals surface area contributed by atoms with Crippen molar-refractivity contribution in [2.24, 2.45) is 5.73 Å². The highest BCUT2D eigenvalue weighted by molar-refractivity contribution is 6.00. The van der Waals surface area contributed by atoms with Crippen LogP contribution in [0.25, 0.3) is 0 Å². The van der Waals surface area contributed by atoms with Crippen molar-refractivity contribution in [3.63, 3.8) is 0 Å². The molecule has 1 saturated heterocycles. The van der Waals surface area contributed by atoms with Gasteiger partial charge in [0.1, 0.15) is 0 Å². The van der Waals surface area contributed by atoms with Crippen molar-refractivity contribution in [1.82, 2.24) is 4.90 Å². The molecule has 0 bridgehead atoms. The summed E-state index contributed by atoms with van der Waals surface area (Å²) in [6.07, 6.45) is 2.47. The number of nitrogen functional groups attached to an aromatic ring is 1. The SMILES string of the molecule is CCN1CCCC1CN(C)c1cccc(C(N)=O)c1N. The van der Waals surface area contributed by atoms with Crippen LogP contribution >= 0.6 is 0 Å². The normalized spacial score (nSPS) is 19.2. The first-order chi connectivity index (χ1) is 9.54. The van der Waals surface area contributed by atoms with E-state index in [-0.39, 0.29) is 0 Å². The van der Waals surface area contributed by atoms with Crippen LogP contribution in [-0.4, -0.2) is 43.5 Å². The number of primary amides is 1. The van der Waals surface area contributed by atoms with E-state index in [1.165, 1.54) is 19.4 Å². The van der Waals surface area contributed by atoms with Gasteiger partial charge in [-0.1, -0.05) is 13.0 Å². The third-order valence-electron chi connectivity index (χ3n) is 4.15. The monoisotopic (exact) mass is 276 g/mol. The van der Waals surface area contributed by atoms with E-state index >= 15 is 0 Å². The lowest BCUT2D eigenvalue weighted by atomic mass is 10.1. The van der Waals surface area contributed by atoms with Crippen molar-refractivity contribution in [2.75, 3.05) is 37.3 Å². The first kappa shape index (κ1) is 14.7. The van der Waals surface area contributed by atoms with E-state index < -0.39 is 5.91 Å². The fourth-order valence-corrected chi connectivity index (χ4v) is 3.03. The summed E-state index contributed by atoms with van der Waals surface area (Å²) in [5.41, 5.74) is 13.2. The molecule has 20 heavy (non-hydrogen) atoms. The number of nitrogens with zero attached hydrogens (tertiary/aromatic N) is 2. The molecule has 1 atom stereocenters. The molecule has 1 unspecified atom stereocenters. The maximum absolute atomic E-state index is 11.4. The van der Waals surface area contributed by atoms with Gasteiger partial charge in [0.05, 0.1) is 16.9 Å². The lowest BCUT2D eigenvalue weighted by Gasteiger charge is -2.30. The van der Waals surface area contributed by atoms with E-state index in [9.17, 15) is 4.79 Å². The van der Waals surface area contributed by atoms with Crippen molar-refractivity contribution in [1.29, 1.82) is 0 Å². The Kier molecular flexibility index (Phi) is 4.49. The summed E-state index contributed by atoms with van der Waals surface area (Å²) < 4.78 is 0. The molecule has 1 fully saturated rings. The number of amides is 1. The average molecular weight is 276 g/mol. The van der Waals surface area contributed by atoms with Gasteiger partial charge in [-0.05, 0) is 38.1 Å². The molecule has 5 nitrogen and oxygen atoms in total. The molecule has 0 saturated carbocycles. The third kappa shape index (κ3) is 2.88. The smallest absolute Gasteiger partial charge is 0.250 e. The van der Waals surface area contributed by atoms with E-state index in [4.69, 9.17) is 11.5 Å². The molecule has 2 rings (SSSR count). The number of para-hydroxylation sites is 1. The Morgan fingerprint density at radius 1 is 1.50 bits per heavy atom. The summed E-state index contributed by atoms with van der Waals surface area (Å²) in [5, 5.41) is 0. The van der Waals surface area contributed by atoms with E-state index in [1.54, 1.807) is 6.07 Å². The summed E-state index contributed by atoms with van der Waals surface area (Å²) in [5.74, 6) is -0.478. The summed E-state index contributed by atoms with van der Waals surface area (Å²) in [6, 6.07) is 5.99. The first-order valence-corrected chi connectivity index (χ1v) is 7.18. The number of hydrogen-bond donors (Lipinski definition) is 2. The number of nitrogens with two attached hydrogens (primary N) is 2. The van der Waals surface area contributed by atoms with Crippen molar-refractivity contribution in [2.45, 2.75) is 25.8 Å². The standard InChI is InChI=1S/C15H24N4O/c1-3-19-9-5-6-11(19)10-18(2)13-8-4-7-12(14(13)16)15(17)20/h4,7-8,11H,3,5-6,9-10,16H2,1-2H3,(H2,17,20). The first-order valence-electron chi connectivity index (χ1n) is 7.18. The second kappa shape index (κ2) is 6.13. The predicted octanol–water partition coefficient (Wildman–Crippen LogP) is 1.29. The Morgan fingerprint density at radius 3 is 2.90 bits per heavy atom.